The summed E-state index contributed by atoms with van der Waals surface area (Å²) in [5, 5.41) is 0. The van der Waals surface area contributed by atoms with Crippen LogP contribution in [-0.2, 0) is 9.53 Å². The van der Waals surface area contributed by atoms with E-state index in [2.05, 4.69) is 29.2 Å². The standard InChI is InChI=1S/C27H29N3O5/c1-18(31)29-10-8-20(9-11-29)27-28-25(21-4-7-23-24(16-21)34-17-33-23)26(35-27)19-2-5-22(6-3-19)30-12-14-32-15-13-30/h2-7,16,20H,8-15,17H2,1H3. The predicted octanol–water partition coefficient (Wildman–Crippen LogP) is 4.30. The van der Waals surface area contributed by atoms with E-state index >= 15 is 0 Å². The SMILES string of the molecule is CC(=O)N1CCC(c2nc(-c3ccc4c(c3)OCO4)c(-c3ccc(N4CCOCC4)cc3)o2)CC1. The van der Waals surface area contributed by atoms with Crippen molar-refractivity contribution in [3.8, 4) is 34.1 Å². The number of aromatic nitrogens is 1. The molecule has 3 aliphatic heterocycles. The summed E-state index contributed by atoms with van der Waals surface area (Å²) >= 11 is 0. The fraction of sp³-hybridized carbons (Fsp3) is 0.407. The first-order valence-electron chi connectivity index (χ1n) is 12.2. The molecule has 0 N–H and O–H groups in total. The largest absolute Gasteiger partial charge is 0.454 e. The number of carbonyl (C=O) groups is 1. The van der Waals surface area contributed by atoms with Gasteiger partial charge in [0.25, 0.3) is 0 Å². The van der Waals surface area contributed by atoms with Gasteiger partial charge in [0.15, 0.2) is 23.1 Å². The van der Waals surface area contributed by atoms with E-state index in [4.69, 9.17) is 23.6 Å². The number of nitrogens with zero attached hydrogens (tertiary/aromatic N) is 3. The van der Waals surface area contributed by atoms with Crippen LogP contribution in [0, 0.1) is 0 Å². The van der Waals surface area contributed by atoms with Crippen LogP contribution in [0.5, 0.6) is 11.5 Å². The molecule has 2 aromatic carbocycles. The molecule has 0 radical (unpaired) electrons. The fourth-order valence-corrected chi connectivity index (χ4v) is 5.03. The zero-order valence-electron chi connectivity index (χ0n) is 19.9. The Hall–Kier alpha value is -3.52. The lowest BCUT2D eigenvalue weighted by atomic mass is 9.97. The number of hydrogen-bond acceptors (Lipinski definition) is 7. The Kier molecular flexibility index (Phi) is 5.82. The van der Waals surface area contributed by atoms with E-state index in [-0.39, 0.29) is 18.6 Å². The van der Waals surface area contributed by atoms with Crippen LogP contribution in [0.2, 0.25) is 0 Å². The molecule has 8 nitrogen and oxygen atoms in total. The van der Waals surface area contributed by atoms with Gasteiger partial charge in [0.2, 0.25) is 12.7 Å². The van der Waals surface area contributed by atoms with Gasteiger partial charge in [-0.25, -0.2) is 4.98 Å². The number of piperidine rings is 1. The second-order valence-electron chi connectivity index (χ2n) is 9.22. The number of fused-ring (bicyclic) bond motifs is 1. The monoisotopic (exact) mass is 475 g/mol. The van der Waals surface area contributed by atoms with Crippen molar-refractivity contribution in [2.75, 3.05) is 51.1 Å². The summed E-state index contributed by atoms with van der Waals surface area (Å²) in [6, 6.07) is 14.4. The zero-order valence-corrected chi connectivity index (χ0v) is 19.9. The fourth-order valence-electron chi connectivity index (χ4n) is 5.03. The molecule has 0 atom stereocenters. The normalized spacial score (nSPS) is 18.2. The number of oxazole rings is 1. The van der Waals surface area contributed by atoms with Crippen molar-refractivity contribution in [3.63, 3.8) is 0 Å². The maximum Gasteiger partial charge on any atom is 0.231 e. The number of benzene rings is 2. The minimum absolute atomic E-state index is 0.123. The Morgan fingerprint density at radius 3 is 2.37 bits per heavy atom. The van der Waals surface area contributed by atoms with Gasteiger partial charge in [-0.3, -0.25) is 4.79 Å². The molecule has 182 valence electrons. The van der Waals surface area contributed by atoms with Crippen LogP contribution >= 0.6 is 0 Å². The number of carbonyl (C=O) groups excluding carboxylic acids is 1. The van der Waals surface area contributed by atoms with Gasteiger partial charge in [-0.2, -0.15) is 0 Å². The molecule has 0 unspecified atom stereocenters. The van der Waals surface area contributed by atoms with Crippen molar-refractivity contribution < 1.29 is 23.4 Å². The highest BCUT2D eigenvalue weighted by Gasteiger charge is 2.28. The van der Waals surface area contributed by atoms with Gasteiger partial charge in [-0.1, -0.05) is 0 Å². The van der Waals surface area contributed by atoms with Gasteiger partial charge >= 0.3 is 0 Å². The van der Waals surface area contributed by atoms with Gasteiger partial charge in [0.1, 0.15) is 5.69 Å². The molecule has 3 aromatic rings. The van der Waals surface area contributed by atoms with Crippen LogP contribution in [0.4, 0.5) is 5.69 Å². The number of anilines is 1. The van der Waals surface area contributed by atoms with Crippen LogP contribution in [-0.4, -0.2) is 62.0 Å². The number of ether oxygens (including phenoxy) is 3. The zero-order chi connectivity index (χ0) is 23.8. The molecule has 0 bridgehead atoms. The van der Waals surface area contributed by atoms with E-state index in [1.807, 2.05) is 23.1 Å². The number of rotatable bonds is 4. The third-order valence-electron chi connectivity index (χ3n) is 7.08. The van der Waals surface area contributed by atoms with E-state index in [1.165, 1.54) is 5.69 Å². The molecule has 4 heterocycles. The summed E-state index contributed by atoms with van der Waals surface area (Å²) in [7, 11) is 0. The maximum atomic E-state index is 11.8. The molecular formula is C27H29N3O5. The molecule has 1 amide bonds. The van der Waals surface area contributed by atoms with Crippen LogP contribution in [0.15, 0.2) is 46.9 Å². The Balaban J connectivity index is 1.34. The highest BCUT2D eigenvalue weighted by Crippen LogP contribution is 2.41. The summed E-state index contributed by atoms with van der Waals surface area (Å²) in [6.45, 7) is 6.61. The minimum atomic E-state index is 0.123. The summed E-state index contributed by atoms with van der Waals surface area (Å²) in [4.78, 5) is 21.0. The van der Waals surface area contributed by atoms with Gasteiger partial charge in [0, 0.05) is 55.8 Å². The van der Waals surface area contributed by atoms with Crippen molar-refractivity contribution in [3.05, 3.63) is 48.4 Å². The first-order chi connectivity index (χ1) is 17.2. The molecule has 0 spiro atoms. The Morgan fingerprint density at radius 2 is 1.63 bits per heavy atom. The van der Waals surface area contributed by atoms with Crippen molar-refractivity contribution in [1.82, 2.24) is 9.88 Å². The highest BCUT2D eigenvalue weighted by atomic mass is 16.7. The maximum absolute atomic E-state index is 11.8. The Morgan fingerprint density at radius 1 is 0.914 bits per heavy atom. The van der Waals surface area contributed by atoms with Crippen LogP contribution in [0.1, 0.15) is 31.6 Å². The number of morpholine rings is 1. The molecular weight excluding hydrogens is 446 g/mol. The third kappa shape index (κ3) is 4.34. The van der Waals surface area contributed by atoms with E-state index < -0.39 is 0 Å². The van der Waals surface area contributed by atoms with E-state index in [9.17, 15) is 4.79 Å². The molecule has 2 fully saturated rings. The van der Waals surface area contributed by atoms with Crippen molar-refractivity contribution >= 4 is 11.6 Å². The second kappa shape index (κ2) is 9.26. The molecule has 6 rings (SSSR count). The topological polar surface area (TPSA) is 77.3 Å². The first kappa shape index (κ1) is 22.0. The molecule has 2 saturated heterocycles. The van der Waals surface area contributed by atoms with E-state index in [0.29, 0.717) is 0 Å². The van der Waals surface area contributed by atoms with Crippen molar-refractivity contribution in [2.45, 2.75) is 25.7 Å². The van der Waals surface area contributed by atoms with Gasteiger partial charge in [0.05, 0.1) is 13.2 Å². The highest BCUT2D eigenvalue weighted by molar-refractivity contribution is 5.79. The lowest BCUT2D eigenvalue weighted by Gasteiger charge is -2.29. The van der Waals surface area contributed by atoms with Crippen molar-refractivity contribution in [2.24, 2.45) is 0 Å². The predicted molar refractivity (Wildman–Crippen MR) is 131 cm³/mol. The van der Waals surface area contributed by atoms with Gasteiger partial charge < -0.3 is 28.4 Å². The number of likely N-dealkylation sites (tertiary alicyclic amines) is 1. The number of amides is 1. The van der Waals surface area contributed by atoms with Crippen LogP contribution < -0.4 is 14.4 Å². The van der Waals surface area contributed by atoms with E-state index in [1.54, 1.807) is 6.92 Å². The van der Waals surface area contributed by atoms with E-state index in [0.717, 1.165) is 92.2 Å². The summed E-state index contributed by atoms with van der Waals surface area (Å²) in [5.74, 6) is 3.24. The van der Waals surface area contributed by atoms with Crippen LogP contribution in [0.3, 0.4) is 0 Å². The second-order valence-corrected chi connectivity index (χ2v) is 9.22. The molecule has 0 aliphatic carbocycles. The van der Waals surface area contributed by atoms with Crippen LogP contribution in [0.25, 0.3) is 22.6 Å². The lowest BCUT2D eigenvalue weighted by Crippen LogP contribution is -2.36. The molecule has 3 aliphatic rings. The summed E-state index contributed by atoms with van der Waals surface area (Å²) in [5.41, 5.74) is 3.89. The quantitative estimate of drug-likeness (QED) is 0.557. The smallest absolute Gasteiger partial charge is 0.231 e. The minimum Gasteiger partial charge on any atom is -0.454 e. The number of hydrogen-bond donors (Lipinski definition) is 0. The summed E-state index contributed by atoms with van der Waals surface area (Å²) < 4.78 is 23.1. The average molecular weight is 476 g/mol. The molecule has 35 heavy (non-hydrogen) atoms. The summed E-state index contributed by atoms with van der Waals surface area (Å²) in [6.07, 6.45) is 1.69. The molecule has 8 heteroatoms. The lowest BCUT2D eigenvalue weighted by molar-refractivity contribution is -0.129. The molecule has 1 aromatic heterocycles. The van der Waals surface area contributed by atoms with Gasteiger partial charge in [-0.05, 0) is 55.3 Å². The third-order valence-corrected chi connectivity index (χ3v) is 7.08. The average Bonchev–Trinajstić information content (AvgIpc) is 3.56. The Labute approximate surface area is 204 Å². The van der Waals surface area contributed by atoms with Crippen molar-refractivity contribution in [1.29, 1.82) is 0 Å². The first-order valence-corrected chi connectivity index (χ1v) is 12.2. The molecule has 0 saturated carbocycles. The van der Waals surface area contributed by atoms with Gasteiger partial charge in [-0.15, -0.1) is 0 Å². The Bertz CT molecular complexity index is 1210.